The molecule has 6 atom stereocenters. The lowest BCUT2D eigenvalue weighted by molar-refractivity contribution is -0.158. The first kappa shape index (κ1) is 30.0. The van der Waals surface area contributed by atoms with E-state index in [1.165, 1.54) is 0 Å². The normalized spacial score (nSPS) is 29.4. The molecule has 1 aromatic carbocycles. The fourth-order valence-electron chi connectivity index (χ4n) is 7.41. The number of benzene rings is 1. The monoisotopic (exact) mass is 551 g/mol. The van der Waals surface area contributed by atoms with E-state index in [9.17, 15) is 19.5 Å². The Morgan fingerprint density at radius 2 is 1.82 bits per heavy atom. The van der Waals surface area contributed by atoms with Crippen molar-refractivity contribution in [1.82, 2.24) is 14.7 Å². The van der Waals surface area contributed by atoms with Crippen molar-refractivity contribution in [2.45, 2.75) is 76.3 Å². The first-order chi connectivity index (χ1) is 19.1. The summed E-state index contributed by atoms with van der Waals surface area (Å²) < 4.78 is 6.90. The minimum atomic E-state index is -1.14. The van der Waals surface area contributed by atoms with Gasteiger partial charge in [-0.2, -0.15) is 0 Å². The van der Waals surface area contributed by atoms with Crippen LogP contribution in [0.15, 0.2) is 55.6 Å². The van der Waals surface area contributed by atoms with E-state index in [1.807, 2.05) is 51.1 Å². The zero-order chi connectivity index (χ0) is 29.2. The molecule has 3 amide bonds. The second-order valence-electron chi connectivity index (χ2n) is 12.0. The molecule has 0 aliphatic carbocycles. The van der Waals surface area contributed by atoms with Gasteiger partial charge in [-0.1, -0.05) is 63.3 Å². The summed E-state index contributed by atoms with van der Waals surface area (Å²) in [6.45, 7) is 14.4. The topological polar surface area (TPSA) is 90.4 Å². The van der Waals surface area contributed by atoms with Crippen molar-refractivity contribution in [3.05, 3.63) is 61.2 Å². The minimum Gasteiger partial charge on any atom is -0.394 e. The van der Waals surface area contributed by atoms with E-state index in [2.05, 4.69) is 13.2 Å². The van der Waals surface area contributed by atoms with Crippen LogP contribution in [0.1, 0.15) is 52.0 Å². The Bertz CT molecular complexity index is 1120. The molecule has 8 heteroatoms. The number of nitrogens with zero attached hydrogens (tertiary/aromatic N) is 3. The lowest BCUT2D eigenvalue weighted by atomic mass is 9.64. The number of amides is 3. The first-order valence-electron chi connectivity index (χ1n) is 14.5. The highest BCUT2D eigenvalue weighted by atomic mass is 16.5. The Balaban J connectivity index is 1.83. The molecule has 8 nitrogen and oxygen atoms in total. The largest absolute Gasteiger partial charge is 0.394 e. The van der Waals surface area contributed by atoms with Crippen molar-refractivity contribution in [3.63, 3.8) is 0 Å². The maximum absolute atomic E-state index is 14.6. The van der Waals surface area contributed by atoms with Crippen molar-refractivity contribution in [2.75, 3.05) is 26.7 Å². The molecule has 3 aliphatic heterocycles. The Labute approximate surface area is 238 Å². The van der Waals surface area contributed by atoms with E-state index < -0.39 is 35.1 Å². The van der Waals surface area contributed by atoms with Crippen LogP contribution in [0, 0.1) is 17.8 Å². The number of aliphatic hydroxyl groups excluding tert-OH is 1. The van der Waals surface area contributed by atoms with E-state index >= 15 is 0 Å². The SMILES string of the molecule is C=CCN(C)C(=O)[C@H]1[C@H]2C(=O)N([C@@H](CO)CC(C)C)C(C(=O)N(CC=C)Cc3ccccc3)C23CC[C@]1(CC)O3. The van der Waals surface area contributed by atoms with E-state index in [-0.39, 0.29) is 30.2 Å². The van der Waals surface area contributed by atoms with Gasteiger partial charge in [0.2, 0.25) is 17.7 Å². The number of hydrogen-bond donors (Lipinski definition) is 1. The van der Waals surface area contributed by atoms with Crippen LogP contribution < -0.4 is 0 Å². The molecule has 1 aromatic rings. The molecule has 0 aromatic heterocycles. The average Bonchev–Trinajstić information content (AvgIpc) is 3.55. The highest BCUT2D eigenvalue weighted by molar-refractivity contribution is 5.99. The quantitative estimate of drug-likeness (QED) is 0.380. The molecule has 40 heavy (non-hydrogen) atoms. The summed E-state index contributed by atoms with van der Waals surface area (Å²) in [6, 6.07) is 8.21. The maximum atomic E-state index is 14.6. The number of likely N-dealkylation sites (N-methyl/N-ethyl adjacent to an activating group) is 1. The number of carbonyl (C=O) groups is 3. The molecule has 2 unspecified atom stereocenters. The van der Waals surface area contributed by atoms with Crippen LogP contribution in [0.4, 0.5) is 0 Å². The second kappa shape index (κ2) is 11.9. The number of likely N-dealkylation sites (tertiary alicyclic amines) is 1. The van der Waals surface area contributed by atoms with Gasteiger partial charge in [0.1, 0.15) is 11.6 Å². The van der Waals surface area contributed by atoms with Gasteiger partial charge in [-0.25, -0.2) is 0 Å². The van der Waals surface area contributed by atoms with E-state index in [0.717, 1.165) is 5.56 Å². The third-order valence-corrected chi connectivity index (χ3v) is 9.12. The van der Waals surface area contributed by atoms with Crippen LogP contribution in [-0.2, 0) is 25.7 Å². The van der Waals surface area contributed by atoms with Crippen molar-refractivity contribution in [3.8, 4) is 0 Å². The van der Waals surface area contributed by atoms with Gasteiger partial charge in [-0.05, 0) is 37.2 Å². The molecule has 0 radical (unpaired) electrons. The number of carbonyl (C=O) groups excluding carboxylic acids is 3. The molecule has 3 aliphatic rings. The number of aliphatic hydroxyl groups is 1. The maximum Gasteiger partial charge on any atom is 0.249 e. The van der Waals surface area contributed by atoms with Crippen LogP contribution in [0.5, 0.6) is 0 Å². The Hall–Kier alpha value is -2.97. The molecule has 3 heterocycles. The molecule has 4 rings (SSSR count). The standard InChI is InChI=1S/C32H45N3O5/c1-7-17-33(6)28(37)25-26-29(38)35(24(21-36)19-22(4)5)27(32(26)16-15-31(25,9-3)40-32)30(39)34(18-8-2)20-23-13-11-10-12-14-23/h7-8,10-14,22,24-27,36H,1-2,9,15-21H2,3-6H3/t24-,25-,26+,27?,31+,32?/m1/s1. The summed E-state index contributed by atoms with van der Waals surface area (Å²) in [7, 11) is 1.72. The van der Waals surface area contributed by atoms with Crippen LogP contribution in [0.3, 0.4) is 0 Å². The molecule has 3 saturated heterocycles. The molecule has 218 valence electrons. The molecule has 0 saturated carbocycles. The number of rotatable bonds is 13. The van der Waals surface area contributed by atoms with Crippen molar-refractivity contribution in [1.29, 1.82) is 0 Å². The van der Waals surface area contributed by atoms with Crippen LogP contribution in [0.2, 0.25) is 0 Å². The third kappa shape index (κ3) is 4.90. The lowest BCUT2D eigenvalue weighted by Crippen LogP contribution is -2.59. The summed E-state index contributed by atoms with van der Waals surface area (Å²) in [6.07, 6.45) is 5.54. The summed E-state index contributed by atoms with van der Waals surface area (Å²) in [5.74, 6) is -1.98. The number of fused-ring (bicyclic) bond motifs is 1. The van der Waals surface area contributed by atoms with Gasteiger partial charge in [0, 0.05) is 26.7 Å². The predicted octanol–water partition coefficient (Wildman–Crippen LogP) is 3.41. The summed E-state index contributed by atoms with van der Waals surface area (Å²) in [5.41, 5.74) is -0.989. The van der Waals surface area contributed by atoms with Gasteiger partial charge in [0.25, 0.3) is 0 Å². The molecule has 2 bridgehead atoms. The predicted molar refractivity (Wildman–Crippen MR) is 154 cm³/mol. The Morgan fingerprint density at radius 3 is 2.40 bits per heavy atom. The zero-order valence-corrected chi connectivity index (χ0v) is 24.4. The van der Waals surface area contributed by atoms with Crippen LogP contribution in [0.25, 0.3) is 0 Å². The van der Waals surface area contributed by atoms with Gasteiger partial charge < -0.3 is 24.5 Å². The van der Waals surface area contributed by atoms with Crippen LogP contribution in [-0.4, -0.2) is 87.6 Å². The smallest absolute Gasteiger partial charge is 0.249 e. The summed E-state index contributed by atoms with van der Waals surface area (Å²) in [4.78, 5) is 48.0. The molecular formula is C32H45N3O5. The molecule has 1 spiro atoms. The second-order valence-corrected chi connectivity index (χ2v) is 12.0. The highest BCUT2D eigenvalue weighted by Crippen LogP contribution is 2.65. The first-order valence-corrected chi connectivity index (χ1v) is 14.5. The van der Waals surface area contributed by atoms with Gasteiger partial charge in [0.05, 0.1) is 30.1 Å². The van der Waals surface area contributed by atoms with Crippen molar-refractivity contribution in [2.24, 2.45) is 17.8 Å². The Morgan fingerprint density at radius 1 is 1.15 bits per heavy atom. The summed E-state index contributed by atoms with van der Waals surface area (Å²) in [5, 5.41) is 10.5. The van der Waals surface area contributed by atoms with Gasteiger partial charge in [-0.3, -0.25) is 14.4 Å². The van der Waals surface area contributed by atoms with Gasteiger partial charge in [0.15, 0.2) is 0 Å². The fraction of sp³-hybridized carbons (Fsp3) is 0.594. The number of hydrogen-bond acceptors (Lipinski definition) is 5. The number of ether oxygens (including phenoxy) is 1. The minimum absolute atomic E-state index is 0.161. The van der Waals surface area contributed by atoms with Gasteiger partial charge in [-0.15, -0.1) is 13.2 Å². The van der Waals surface area contributed by atoms with Gasteiger partial charge >= 0.3 is 0 Å². The van der Waals surface area contributed by atoms with Crippen LogP contribution >= 0.6 is 0 Å². The van der Waals surface area contributed by atoms with Crippen molar-refractivity contribution >= 4 is 17.7 Å². The van der Waals surface area contributed by atoms with E-state index in [0.29, 0.717) is 45.3 Å². The Kier molecular flexibility index (Phi) is 8.90. The average molecular weight is 552 g/mol. The van der Waals surface area contributed by atoms with E-state index in [4.69, 9.17) is 4.74 Å². The molecule has 3 fully saturated rings. The lowest BCUT2D eigenvalue weighted by Gasteiger charge is -2.40. The zero-order valence-electron chi connectivity index (χ0n) is 24.4. The van der Waals surface area contributed by atoms with Crippen molar-refractivity contribution < 1.29 is 24.2 Å². The molecule has 1 N–H and O–H groups in total. The van der Waals surface area contributed by atoms with E-state index in [1.54, 1.807) is 33.9 Å². The highest BCUT2D eigenvalue weighted by Gasteiger charge is 2.79. The third-order valence-electron chi connectivity index (χ3n) is 9.12. The summed E-state index contributed by atoms with van der Waals surface area (Å²) >= 11 is 0. The molecular weight excluding hydrogens is 506 g/mol. The fourth-order valence-corrected chi connectivity index (χ4v) is 7.41.